The molecule has 2 rings (SSSR count). The molecule has 1 aromatic carbocycles. The van der Waals surface area contributed by atoms with Gasteiger partial charge in [0, 0.05) is 13.6 Å². The number of urea groups is 1. The van der Waals surface area contributed by atoms with Gasteiger partial charge in [-0.2, -0.15) is 5.10 Å². The minimum atomic E-state index is -0.998. The topological polar surface area (TPSA) is 109 Å². The number of aryl methyl sites for hydroxylation is 1. The number of amides is 2. The Labute approximate surface area is 120 Å². The van der Waals surface area contributed by atoms with E-state index in [-0.39, 0.29) is 24.7 Å². The quantitative estimate of drug-likeness (QED) is 0.743. The molecule has 8 heteroatoms. The maximum absolute atomic E-state index is 11.6. The maximum Gasteiger partial charge on any atom is 0.335 e. The molecule has 0 atom stereocenters. The largest absolute Gasteiger partial charge is 0.478 e. The van der Waals surface area contributed by atoms with Gasteiger partial charge < -0.3 is 15.7 Å². The van der Waals surface area contributed by atoms with Crippen LogP contribution < -0.4 is 10.6 Å². The Morgan fingerprint density at radius 2 is 2.05 bits per heavy atom. The molecule has 3 N–H and O–H groups in total. The number of carbonyl (C=O) groups is 2. The highest BCUT2D eigenvalue weighted by Gasteiger charge is 2.05. The van der Waals surface area contributed by atoms with Crippen molar-refractivity contribution in [3.63, 3.8) is 0 Å². The van der Waals surface area contributed by atoms with Crippen LogP contribution in [0.5, 0.6) is 0 Å². The van der Waals surface area contributed by atoms with Crippen LogP contribution >= 0.6 is 0 Å². The minimum absolute atomic E-state index is 0.187. The monoisotopic (exact) mass is 289 g/mol. The molecular weight excluding hydrogens is 274 g/mol. The predicted octanol–water partition coefficient (Wildman–Crippen LogP) is 0.513. The van der Waals surface area contributed by atoms with Crippen LogP contribution in [-0.4, -0.2) is 31.9 Å². The van der Waals surface area contributed by atoms with Crippen molar-refractivity contribution in [3.8, 4) is 0 Å². The van der Waals surface area contributed by atoms with Crippen molar-refractivity contribution in [2.24, 2.45) is 7.05 Å². The van der Waals surface area contributed by atoms with E-state index in [1.807, 2.05) is 0 Å². The van der Waals surface area contributed by atoms with Crippen LogP contribution in [-0.2, 0) is 20.1 Å². The zero-order valence-corrected chi connectivity index (χ0v) is 11.4. The van der Waals surface area contributed by atoms with Gasteiger partial charge in [-0.3, -0.25) is 4.68 Å². The van der Waals surface area contributed by atoms with E-state index in [4.69, 9.17) is 5.11 Å². The fourth-order valence-corrected chi connectivity index (χ4v) is 1.68. The van der Waals surface area contributed by atoms with E-state index in [0.29, 0.717) is 11.4 Å². The number of nitrogens with zero attached hydrogens (tertiary/aromatic N) is 3. The standard InChI is InChI=1S/C13H15N5O3/c1-18-8-16-11(17-18)7-15-13(21)14-6-9-3-2-4-10(5-9)12(19)20/h2-5,8H,6-7H2,1H3,(H,19,20)(H2,14,15,21). The summed E-state index contributed by atoms with van der Waals surface area (Å²) >= 11 is 0. The minimum Gasteiger partial charge on any atom is -0.478 e. The van der Waals surface area contributed by atoms with Crippen molar-refractivity contribution in [1.29, 1.82) is 0 Å². The van der Waals surface area contributed by atoms with Crippen LogP contribution in [0.25, 0.3) is 0 Å². The summed E-state index contributed by atoms with van der Waals surface area (Å²) < 4.78 is 1.55. The maximum atomic E-state index is 11.6. The number of carboxylic acids is 1. The van der Waals surface area contributed by atoms with Crippen molar-refractivity contribution in [2.45, 2.75) is 13.1 Å². The molecule has 0 spiro atoms. The predicted molar refractivity (Wildman–Crippen MR) is 73.5 cm³/mol. The Morgan fingerprint density at radius 1 is 1.29 bits per heavy atom. The Morgan fingerprint density at radius 3 is 2.71 bits per heavy atom. The van der Waals surface area contributed by atoms with E-state index in [9.17, 15) is 9.59 Å². The number of hydrogen-bond donors (Lipinski definition) is 3. The third kappa shape index (κ3) is 4.30. The average molecular weight is 289 g/mol. The van der Waals surface area contributed by atoms with Gasteiger partial charge >= 0.3 is 12.0 Å². The van der Waals surface area contributed by atoms with Crippen molar-refractivity contribution in [3.05, 3.63) is 47.5 Å². The highest BCUT2D eigenvalue weighted by Crippen LogP contribution is 2.04. The van der Waals surface area contributed by atoms with Crippen molar-refractivity contribution >= 4 is 12.0 Å². The Kier molecular flexibility index (Phi) is 4.50. The van der Waals surface area contributed by atoms with Crippen LogP contribution in [0.15, 0.2) is 30.6 Å². The molecule has 110 valence electrons. The molecule has 1 aromatic heterocycles. The number of benzene rings is 1. The van der Waals surface area contributed by atoms with Gasteiger partial charge in [0.15, 0.2) is 5.82 Å². The van der Waals surface area contributed by atoms with Crippen molar-refractivity contribution in [1.82, 2.24) is 25.4 Å². The van der Waals surface area contributed by atoms with Crippen LogP contribution in [0, 0.1) is 0 Å². The first-order chi connectivity index (χ1) is 10.0. The van der Waals surface area contributed by atoms with Crippen LogP contribution in [0.2, 0.25) is 0 Å². The first kappa shape index (κ1) is 14.5. The molecule has 2 amide bonds. The van der Waals surface area contributed by atoms with Gasteiger partial charge in [0.05, 0.1) is 12.1 Å². The molecule has 8 nitrogen and oxygen atoms in total. The number of rotatable bonds is 5. The summed E-state index contributed by atoms with van der Waals surface area (Å²) in [5.74, 6) is -0.483. The lowest BCUT2D eigenvalue weighted by Gasteiger charge is -2.07. The zero-order valence-electron chi connectivity index (χ0n) is 11.4. The smallest absolute Gasteiger partial charge is 0.335 e. The van der Waals surface area contributed by atoms with E-state index in [0.717, 1.165) is 0 Å². The fourth-order valence-electron chi connectivity index (χ4n) is 1.68. The van der Waals surface area contributed by atoms with E-state index < -0.39 is 5.97 Å². The zero-order chi connectivity index (χ0) is 15.2. The number of aromatic nitrogens is 3. The number of carbonyl (C=O) groups excluding carboxylic acids is 1. The summed E-state index contributed by atoms with van der Waals surface area (Å²) in [7, 11) is 1.74. The third-order valence-electron chi connectivity index (χ3n) is 2.68. The highest BCUT2D eigenvalue weighted by molar-refractivity contribution is 5.87. The Balaban J connectivity index is 1.81. The highest BCUT2D eigenvalue weighted by atomic mass is 16.4. The van der Waals surface area contributed by atoms with E-state index in [1.54, 1.807) is 30.2 Å². The second-order valence-electron chi connectivity index (χ2n) is 4.38. The number of aromatic carboxylic acids is 1. The van der Waals surface area contributed by atoms with Crippen molar-refractivity contribution < 1.29 is 14.7 Å². The second kappa shape index (κ2) is 6.51. The van der Waals surface area contributed by atoms with Gasteiger partial charge in [0.1, 0.15) is 6.33 Å². The lowest BCUT2D eigenvalue weighted by molar-refractivity contribution is 0.0696. The second-order valence-corrected chi connectivity index (χ2v) is 4.38. The SMILES string of the molecule is Cn1cnc(CNC(=O)NCc2cccc(C(=O)O)c2)n1. The lowest BCUT2D eigenvalue weighted by Crippen LogP contribution is -2.34. The third-order valence-corrected chi connectivity index (χ3v) is 2.68. The molecule has 2 aromatic rings. The normalized spacial score (nSPS) is 10.1. The molecule has 1 heterocycles. The summed E-state index contributed by atoms with van der Waals surface area (Å²) in [5.41, 5.74) is 0.897. The number of carboxylic acid groups (broad SMARTS) is 1. The Bertz CT molecular complexity index is 653. The first-order valence-electron chi connectivity index (χ1n) is 6.23. The van der Waals surface area contributed by atoms with E-state index >= 15 is 0 Å². The van der Waals surface area contributed by atoms with Gasteiger partial charge in [0.2, 0.25) is 0 Å². The van der Waals surface area contributed by atoms with Gasteiger partial charge in [-0.1, -0.05) is 12.1 Å². The summed E-state index contributed by atoms with van der Waals surface area (Å²) in [6, 6.07) is 6.02. The molecule has 0 aliphatic heterocycles. The summed E-state index contributed by atoms with van der Waals surface area (Å²) in [4.78, 5) is 26.4. The molecule has 0 unspecified atom stereocenters. The summed E-state index contributed by atoms with van der Waals surface area (Å²) in [6.07, 6.45) is 1.55. The van der Waals surface area contributed by atoms with Gasteiger partial charge in [-0.25, -0.2) is 14.6 Å². The van der Waals surface area contributed by atoms with Crippen LogP contribution in [0.1, 0.15) is 21.7 Å². The summed E-state index contributed by atoms with van der Waals surface area (Å²) in [6.45, 7) is 0.463. The number of hydrogen-bond acceptors (Lipinski definition) is 4. The van der Waals surface area contributed by atoms with Gasteiger partial charge in [0.25, 0.3) is 0 Å². The van der Waals surface area contributed by atoms with Gasteiger partial charge in [-0.15, -0.1) is 0 Å². The molecule has 0 radical (unpaired) electrons. The molecule has 0 bridgehead atoms. The summed E-state index contributed by atoms with van der Waals surface area (Å²) in [5, 5.41) is 18.2. The molecule has 21 heavy (non-hydrogen) atoms. The molecular formula is C13H15N5O3. The first-order valence-corrected chi connectivity index (χ1v) is 6.23. The lowest BCUT2D eigenvalue weighted by atomic mass is 10.1. The molecule has 0 aliphatic carbocycles. The molecule has 0 fully saturated rings. The van der Waals surface area contributed by atoms with Gasteiger partial charge in [-0.05, 0) is 17.7 Å². The van der Waals surface area contributed by atoms with Crippen LogP contribution in [0.4, 0.5) is 4.79 Å². The average Bonchev–Trinajstić information content (AvgIpc) is 2.89. The van der Waals surface area contributed by atoms with E-state index in [1.165, 1.54) is 12.1 Å². The van der Waals surface area contributed by atoms with Crippen LogP contribution in [0.3, 0.4) is 0 Å². The van der Waals surface area contributed by atoms with E-state index in [2.05, 4.69) is 20.7 Å². The fraction of sp³-hybridized carbons (Fsp3) is 0.231. The Hall–Kier alpha value is -2.90. The molecule has 0 saturated heterocycles. The van der Waals surface area contributed by atoms with Crippen molar-refractivity contribution in [2.75, 3.05) is 0 Å². The number of nitrogens with one attached hydrogen (secondary N) is 2. The molecule has 0 saturated carbocycles. The molecule has 0 aliphatic rings.